The van der Waals surface area contributed by atoms with Crippen molar-refractivity contribution in [2.24, 2.45) is 40.9 Å². The molecule has 180 valence electrons. The summed E-state index contributed by atoms with van der Waals surface area (Å²) >= 11 is 0. The minimum Gasteiger partial charge on any atom is -0.462 e. The van der Waals surface area contributed by atoms with Gasteiger partial charge < -0.3 is 9.47 Å². The van der Waals surface area contributed by atoms with Crippen molar-refractivity contribution in [2.75, 3.05) is 0 Å². The minimum absolute atomic E-state index is 0.0247. The van der Waals surface area contributed by atoms with Crippen molar-refractivity contribution in [2.45, 2.75) is 90.8 Å². The predicted molar refractivity (Wildman–Crippen MR) is 124 cm³/mol. The maximum Gasteiger partial charge on any atom is 0.308 e. The van der Waals surface area contributed by atoms with Crippen LogP contribution in [0.1, 0.15) is 79.1 Å². The van der Waals surface area contributed by atoms with Crippen molar-refractivity contribution in [1.82, 2.24) is 0 Å². The first-order valence-corrected chi connectivity index (χ1v) is 13.0. The Labute approximate surface area is 197 Å². The zero-order valence-electron chi connectivity index (χ0n) is 20.5. The van der Waals surface area contributed by atoms with E-state index in [4.69, 9.17) is 9.47 Å². The van der Waals surface area contributed by atoms with E-state index in [0.29, 0.717) is 17.8 Å². The van der Waals surface area contributed by atoms with Gasteiger partial charge in [-0.2, -0.15) is 0 Å². The summed E-state index contributed by atoms with van der Waals surface area (Å²) in [6.07, 6.45) is 13.3. The van der Waals surface area contributed by atoms with Crippen molar-refractivity contribution in [1.29, 1.82) is 0 Å². The quantitative estimate of drug-likeness (QED) is 0.549. The van der Waals surface area contributed by atoms with Crippen LogP contribution < -0.4 is 0 Å². The molecule has 4 fully saturated rings. The van der Waals surface area contributed by atoms with E-state index >= 15 is 0 Å². The van der Waals surface area contributed by atoms with E-state index in [9.17, 15) is 14.4 Å². The molecule has 5 rings (SSSR count). The molecule has 0 aromatic rings. The molecular weight excluding hydrogens is 416 g/mol. The van der Waals surface area contributed by atoms with Gasteiger partial charge in [0.25, 0.3) is 0 Å². The molecule has 5 heteroatoms. The van der Waals surface area contributed by atoms with Gasteiger partial charge in [0.15, 0.2) is 5.78 Å². The van der Waals surface area contributed by atoms with Crippen molar-refractivity contribution >= 4 is 17.7 Å². The maximum absolute atomic E-state index is 12.4. The first kappa shape index (κ1) is 22.9. The van der Waals surface area contributed by atoms with Crippen LogP contribution in [0.2, 0.25) is 0 Å². The van der Waals surface area contributed by atoms with Gasteiger partial charge in [-0.05, 0) is 81.3 Å². The SMILES string of the molecule is CC(=O)O[C@]12CC[C@H]3[C@@H](CCC4=CC(=O)C=C[C@@]43C)[C@@H]1CC[C@@H]2[C@H](C)C1CCC(C)C(=O)O1. The van der Waals surface area contributed by atoms with Crippen molar-refractivity contribution in [3.8, 4) is 0 Å². The zero-order valence-corrected chi connectivity index (χ0v) is 20.5. The van der Waals surface area contributed by atoms with Gasteiger partial charge in [0.1, 0.15) is 11.7 Å². The van der Waals surface area contributed by atoms with Gasteiger partial charge in [-0.25, -0.2) is 0 Å². The monoisotopic (exact) mass is 454 g/mol. The van der Waals surface area contributed by atoms with Gasteiger partial charge >= 0.3 is 11.9 Å². The topological polar surface area (TPSA) is 69.7 Å². The van der Waals surface area contributed by atoms with Crippen LogP contribution >= 0.6 is 0 Å². The Morgan fingerprint density at radius 2 is 1.91 bits per heavy atom. The molecule has 0 aromatic heterocycles. The Morgan fingerprint density at radius 1 is 1.12 bits per heavy atom. The van der Waals surface area contributed by atoms with Gasteiger partial charge in [0.2, 0.25) is 0 Å². The van der Waals surface area contributed by atoms with Gasteiger partial charge in [-0.1, -0.05) is 32.4 Å². The lowest BCUT2D eigenvalue weighted by molar-refractivity contribution is -0.195. The molecule has 5 nitrogen and oxygen atoms in total. The summed E-state index contributed by atoms with van der Waals surface area (Å²) in [6.45, 7) is 7.99. The molecule has 3 saturated carbocycles. The lowest BCUT2D eigenvalue weighted by Gasteiger charge is -2.57. The fourth-order valence-electron chi connectivity index (χ4n) is 8.52. The Kier molecular flexibility index (Phi) is 5.61. The van der Waals surface area contributed by atoms with Gasteiger partial charge in [0.05, 0.1) is 5.92 Å². The highest BCUT2D eigenvalue weighted by Crippen LogP contribution is 2.65. The largest absolute Gasteiger partial charge is 0.462 e. The average molecular weight is 455 g/mol. The average Bonchev–Trinajstić information content (AvgIpc) is 3.14. The van der Waals surface area contributed by atoms with E-state index in [1.165, 1.54) is 5.57 Å². The summed E-state index contributed by atoms with van der Waals surface area (Å²) < 4.78 is 12.2. The van der Waals surface area contributed by atoms with Crippen LogP contribution in [0.4, 0.5) is 0 Å². The van der Waals surface area contributed by atoms with Crippen molar-refractivity contribution < 1.29 is 23.9 Å². The van der Waals surface area contributed by atoms with Crippen LogP contribution in [-0.2, 0) is 23.9 Å². The Morgan fingerprint density at radius 3 is 2.64 bits per heavy atom. The second-order valence-electron chi connectivity index (χ2n) is 11.7. The third-order valence-corrected chi connectivity index (χ3v) is 10.2. The number of fused-ring (bicyclic) bond motifs is 5. The van der Waals surface area contributed by atoms with Gasteiger partial charge in [0, 0.05) is 24.2 Å². The molecule has 5 aliphatic rings. The first-order valence-electron chi connectivity index (χ1n) is 13.0. The summed E-state index contributed by atoms with van der Waals surface area (Å²) in [7, 11) is 0. The van der Waals surface area contributed by atoms with Crippen molar-refractivity contribution in [3.63, 3.8) is 0 Å². The lowest BCUT2D eigenvalue weighted by Crippen LogP contribution is -2.57. The third-order valence-electron chi connectivity index (χ3n) is 10.2. The smallest absolute Gasteiger partial charge is 0.308 e. The second kappa shape index (κ2) is 8.09. The summed E-state index contributed by atoms with van der Waals surface area (Å²) in [6, 6.07) is 0. The number of rotatable bonds is 3. The highest BCUT2D eigenvalue weighted by Gasteiger charge is 2.63. The van der Waals surface area contributed by atoms with Gasteiger partial charge in [-0.15, -0.1) is 0 Å². The normalized spacial score (nSPS) is 45.3. The van der Waals surface area contributed by atoms with E-state index < -0.39 is 5.60 Å². The van der Waals surface area contributed by atoms with E-state index in [1.807, 2.05) is 13.0 Å². The highest BCUT2D eigenvalue weighted by molar-refractivity contribution is 6.01. The van der Waals surface area contributed by atoms with Crippen LogP contribution in [0.25, 0.3) is 0 Å². The van der Waals surface area contributed by atoms with Crippen LogP contribution in [0.15, 0.2) is 23.8 Å². The number of esters is 2. The number of allylic oxidation sites excluding steroid dienone is 4. The molecule has 0 radical (unpaired) electrons. The molecule has 0 aromatic carbocycles. The summed E-state index contributed by atoms with van der Waals surface area (Å²) in [5, 5.41) is 0. The molecule has 1 heterocycles. The number of hydrogen-bond donors (Lipinski definition) is 0. The molecule has 4 aliphatic carbocycles. The molecule has 0 amide bonds. The van der Waals surface area contributed by atoms with Crippen LogP contribution in [0.3, 0.4) is 0 Å². The van der Waals surface area contributed by atoms with Crippen LogP contribution in [0, 0.1) is 40.9 Å². The Balaban J connectivity index is 1.44. The highest BCUT2D eigenvalue weighted by atomic mass is 16.6. The fourth-order valence-corrected chi connectivity index (χ4v) is 8.52. The lowest BCUT2D eigenvalue weighted by atomic mass is 9.49. The Hall–Kier alpha value is -1.91. The molecular formula is C28H38O5. The number of hydrogen-bond acceptors (Lipinski definition) is 5. The third kappa shape index (κ3) is 3.52. The standard InChI is InChI=1S/C28H38O5/c1-16-5-10-25(32-26(16)31)17(2)22-8-9-24-21-7-6-19-15-20(30)11-13-27(19,4)23(21)12-14-28(22,24)33-18(3)29/h11,13,15-17,21-25H,5-10,12,14H2,1-4H3/t16?,17-,21+,22+,23-,24-,25?,27-,28-/m0/s1. The molecule has 1 aliphatic heterocycles. The molecule has 0 bridgehead atoms. The number of carbonyl (C=O) groups is 3. The van der Waals surface area contributed by atoms with E-state index in [1.54, 1.807) is 13.0 Å². The van der Waals surface area contributed by atoms with E-state index in [-0.39, 0.29) is 47.0 Å². The number of carbonyl (C=O) groups excluding carboxylic acids is 3. The summed E-state index contributed by atoms with van der Waals surface area (Å²) in [4.78, 5) is 36.7. The van der Waals surface area contributed by atoms with E-state index in [2.05, 4.69) is 19.9 Å². The molecule has 0 spiro atoms. The molecule has 2 unspecified atom stereocenters. The Bertz CT molecular complexity index is 917. The van der Waals surface area contributed by atoms with Crippen LogP contribution in [-0.4, -0.2) is 29.4 Å². The predicted octanol–water partition coefficient (Wildman–Crippen LogP) is 5.18. The minimum atomic E-state index is -0.465. The van der Waals surface area contributed by atoms with Crippen molar-refractivity contribution in [3.05, 3.63) is 23.8 Å². The first-order chi connectivity index (χ1) is 15.7. The van der Waals surface area contributed by atoms with Gasteiger partial charge in [-0.3, -0.25) is 14.4 Å². The number of ketones is 1. The van der Waals surface area contributed by atoms with Crippen LogP contribution in [0.5, 0.6) is 0 Å². The number of ether oxygens (including phenoxy) is 2. The number of cyclic esters (lactones) is 1. The molecule has 1 saturated heterocycles. The maximum atomic E-state index is 12.4. The molecule has 0 N–H and O–H groups in total. The fraction of sp³-hybridized carbons (Fsp3) is 0.750. The molecule has 33 heavy (non-hydrogen) atoms. The summed E-state index contributed by atoms with van der Waals surface area (Å²) in [5.41, 5.74) is 0.744. The zero-order chi connectivity index (χ0) is 23.5. The summed E-state index contributed by atoms with van der Waals surface area (Å²) in [5.74, 6) is 1.46. The van der Waals surface area contributed by atoms with E-state index in [0.717, 1.165) is 51.4 Å². The molecule has 9 atom stereocenters. The second-order valence-corrected chi connectivity index (χ2v) is 11.7.